The van der Waals surface area contributed by atoms with E-state index in [1.54, 1.807) is 25.1 Å². The molecule has 1 heterocycles. The molecule has 0 bridgehead atoms. The number of furan rings is 1. The minimum absolute atomic E-state index is 0.252. The molecule has 1 unspecified atom stereocenters. The number of hydrogen-bond donors (Lipinski definition) is 1. The van der Waals surface area contributed by atoms with E-state index in [0.29, 0.717) is 5.69 Å². The second-order valence-corrected chi connectivity index (χ2v) is 4.66. The lowest BCUT2D eigenvalue weighted by molar-refractivity contribution is -0.248. The SMILES string of the molecule is CN(C)c1cccc(C(O)(c2ccoc2)C(F)(F)F)c1. The van der Waals surface area contributed by atoms with Crippen LogP contribution in [0.5, 0.6) is 0 Å². The van der Waals surface area contributed by atoms with Crippen molar-refractivity contribution < 1.29 is 22.7 Å². The predicted octanol–water partition coefficient (Wildman–Crippen LogP) is 3.14. The van der Waals surface area contributed by atoms with Crippen LogP contribution in [-0.4, -0.2) is 25.4 Å². The predicted molar refractivity (Wildman–Crippen MR) is 68.5 cm³/mol. The van der Waals surface area contributed by atoms with Crippen LogP contribution in [0.1, 0.15) is 11.1 Å². The first-order chi connectivity index (χ1) is 9.26. The van der Waals surface area contributed by atoms with Gasteiger partial charge in [0.1, 0.15) is 0 Å². The van der Waals surface area contributed by atoms with Gasteiger partial charge in [-0.3, -0.25) is 0 Å². The normalized spacial score (nSPS) is 14.9. The number of nitrogens with zero attached hydrogens (tertiary/aromatic N) is 1. The van der Waals surface area contributed by atoms with Crippen molar-refractivity contribution >= 4 is 5.69 Å². The number of alkyl halides is 3. The zero-order valence-electron chi connectivity index (χ0n) is 11.0. The van der Waals surface area contributed by atoms with Crippen LogP contribution in [0.15, 0.2) is 47.3 Å². The molecular weight excluding hydrogens is 271 g/mol. The molecule has 0 fully saturated rings. The minimum atomic E-state index is -4.86. The summed E-state index contributed by atoms with van der Waals surface area (Å²) >= 11 is 0. The van der Waals surface area contributed by atoms with Crippen LogP contribution >= 0.6 is 0 Å². The van der Waals surface area contributed by atoms with Crippen molar-refractivity contribution in [1.29, 1.82) is 0 Å². The van der Waals surface area contributed by atoms with Gasteiger partial charge in [-0.1, -0.05) is 12.1 Å². The molecule has 1 atom stereocenters. The third kappa shape index (κ3) is 2.27. The van der Waals surface area contributed by atoms with E-state index in [4.69, 9.17) is 0 Å². The number of rotatable bonds is 3. The van der Waals surface area contributed by atoms with Crippen LogP contribution in [0.25, 0.3) is 0 Å². The fourth-order valence-corrected chi connectivity index (χ4v) is 1.97. The van der Waals surface area contributed by atoms with Gasteiger partial charge in [0.25, 0.3) is 0 Å². The van der Waals surface area contributed by atoms with Gasteiger partial charge in [0, 0.05) is 25.3 Å². The van der Waals surface area contributed by atoms with Gasteiger partial charge >= 0.3 is 6.18 Å². The molecular formula is C14H14F3NO2. The Morgan fingerprint density at radius 3 is 2.30 bits per heavy atom. The van der Waals surface area contributed by atoms with Crippen LogP contribution in [-0.2, 0) is 5.60 Å². The second kappa shape index (κ2) is 4.86. The molecule has 2 rings (SSSR count). The van der Waals surface area contributed by atoms with Gasteiger partial charge in [-0.2, -0.15) is 13.2 Å². The summed E-state index contributed by atoms with van der Waals surface area (Å²) in [5, 5.41) is 10.3. The Balaban J connectivity index is 2.62. The Morgan fingerprint density at radius 1 is 1.10 bits per heavy atom. The van der Waals surface area contributed by atoms with Gasteiger partial charge in [0.15, 0.2) is 0 Å². The molecule has 1 aromatic heterocycles. The molecule has 2 aromatic rings. The van der Waals surface area contributed by atoms with Gasteiger partial charge in [0.2, 0.25) is 5.60 Å². The van der Waals surface area contributed by atoms with Crippen molar-refractivity contribution in [3.05, 3.63) is 54.0 Å². The summed E-state index contributed by atoms with van der Waals surface area (Å²) < 4.78 is 44.8. The maximum atomic E-state index is 13.4. The van der Waals surface area contributed by atoms with Crippen molar-refractivity contribution in [3.8, 4) is 0 Å². The van der Waals surface area contributed by atoms with Gasteiger partial charge in [-0.05, 0) is 23.8 Å². The van der Waals surface area contributed by atoms with Crippen LogP contribution in [0.4, 0.5) is 18.9 Å². The topological polar surface area (TPSA) is 36.6 Å². The maximum Gasteiger partial charge on any atom is 0.425 e. The maximum absolute atomic E-state index is 13.4. The lowest BCUT2D eigenvalue weighted by Gasteiger charge is -2.30. The molecule has 3 nitrogen and oxygen atoms in total. The molecule has 108 valence electrons. The van der Waals surface area contributed by atoms with Crippen molar-refractivity contribution in [2.24, 2.45) is 0 Å². The van der Waals surface area contributed by atoms with E-state index < -0.39 is 11.8 Å². The fraction of sp³-hybridized carbons (Fsp3) is 0.286. The molecule has 0 amide bonds. The van der Waals surface area contributed by atoms with Crippen LogP contribution in [0.2, 0.25) is 0 Å². The zero-order chi connectivity index (χ0) is 15.0. The largest absolute Gasteiger partial charge is 0.472 e. The first-order valence-electron chi connectivity index (χ1n) is 5.86. The number of anilines is 1. The van der Waals surface area contributed by atoms with Gasteiger partial charge < -0.3 is 14.4 Å². The highest BCUT2D eigenvalue weighted by molar-refractivity contribution is 5.50. The third-order valence-electron chi connectivity index (χ3n) is 3.13. The van der Waals surface area contributed by atoms with Gasteiger partial charge in [-0.15, -0.1) is 0 Å². The lowest BCUT2D eigenvalue weighted by Crippen LogP contribution is -2.43. The summed E-state index contributed by atoms with van der Waals surface area (Å²) in [5.41, 5.74) is -3.13. The Bertz CT molecular complexity index is 578. The van der Waals surface area contributed by atoms with Gasteiger partial charge in [0.05, 0.1) is 12.5 Å². The summed E-state index contributed by atoms with van der Waals surface area (Å²) in [6, 6.07) is 6.79. The van der Waals surface area contributed by atoms with E-state index >= 15 is 0 Å². The molecule has 0 saturated heterocycles. The summed E-state index contributed by atoms with van der Waals surface area (Å²) in [5.74, 6) is 0. The first-order valence-corrected chi connectivity index (χ1v) is 5.86. The summed E-state index contributed by atoms with van der Waals surface area (Å²) in [7, 11) is 3.42. The first kappa shape index (κ1) is 14.5. The molecule has 0 spiro atoms. The third-order valence-corrected chi connectivity index (χ3v) is 3.13. The highest BCUT2D eigenvalue weighted by Crippen LogP contribution is 2.44. The highest BCUT2D eigenvalue weighted by Gasteiger charge is 2.57. The second-order valence-electron chi connectivity index (χ2n) is 4.66. The zero-order valence-corrected chi connectivity index (χ0v) is 11.0. The number of benzene rings is 1. The minimum Gasteiger partial charge on any atom is -0.472 e. The molecule has 0 radical (unpaired) electrons. The van der Waals surface area contributed by atoms with E-state index in [1.165, 1.54) is 18.2 Å². The van der Waals surface area contributed by atoms with Gasteiger partial charge in [-0.25, -0.2) is 0 Å². The molecule has 1 aromatic carbocycles. The van der Waals surface area contributed by atoms with E-state index in [-0.39, 0.29) is 11.1 Å². The van der Waals surface area contributed by atoms with Crippen molar-refractivity contribution in [2.75, 3.05) is 19.0 Å². The summed E-state index contributed by atoms with van der Waals surface area (Å²) in [4.78, 5) is 1.66. The summed E-state index contributed by atoms with van der Waals surface area (Å²) in [6.45, 7) is 0. The standard InChI is InChI=1S/C14H14F3NO2/c1-18(2)12-5-3-4-10(8-12)13(19,14(15,16)17)11-6-7-20-9-11/h3-9,19H,1-2H3. The average Bonchev–Trinajstić information content (AvgIpc) is 2.90. The van der Waals surface area contributed by atoms with Crippen LogP contribution in [0.3, 0.4) is 0 Å². The Morgan fingerprint density at radius 2 is 1.80 bits per heavy atom. The Labute approximate surface area is 114 Å². The Hall–Kier alpha value is -1.95. The smallest absolute Gasteiger partial charge is 0.425 e. The fourth-order valence-electron chi connectivity index (χ4n) is 1.97. The monoisotopic (exact) mass is 285 g/mol. The molecule has 0 saturated carbocycles. The highest BCUT2D eigenvalue weighted by atomic mass is 19.4. The molecule has 0 aliphatic rings. The average molecular weight is 285 g/mol. The van der Waals surface area contributed by atoms with Crippen molar-refractivity contribution in [1.82, 2.24) is 0 Å². The summed E-state index contributed by atoms with van der Waals surface area (Å²) in [6.07, 6.45) is -2.86. The number of halogens is 3. The molecule has 0 aliphatic carbocycles. The molecule has 0 aliphatic heterocycles. The van der Waals surface area contributed by atoms with E-state index in [2.05, 4.69) is 4.42 Å². The molecule has 20 heavy (non-hydrogen) atoms. The van der Waals surface area contributed by atoms with Crippen LogP contribution in [0, 0.1) is 0 Å². The lowest BCUT2D eigenvalue weighted by atomic mass is 9.87. The van der Waals surface area contributed by atoms with E-state index in [0.717, 1.165) is 18.6 Å². The quantitative estimate of drug-likeness (QED) is 0.941. The van der Waals surface area contributed by atoms with Crippen molar-refractivity contribution in [3.63, 3.8) is 0 Å². The molecule has 6 heteroatoms. The molecule has 1 N–H and O–H groups in total. The number of hydrogen-bond acceptors (Lipinski definition) is 3. The van der Waals surface area contributed by atoms with Crippen molar-refractivity contribution in [2.45, 2.75) is 11.8 Å². The van der Waals surface area contributed by atoms with E-state index in [1.807, 2.05) is 0 Å². The Kier molecular flexibility index (Phi) is 3.52. The van der Waals surface area contributed by atoms with Crippen LogP contribution < -0.4 is 4.90 Å². The number of aliphatic hydroxyl groups is 1. The van der Waals surface area contributed by atoms with E-state index in [9.17, 15) is 18.3 Å².